The molecule has 0 bridgehead atoms. The topological polar surface area (TPSA) is 3.24 Å². The Morgan fingerprint density at radius 3 is 2.61 bits per heavy atom. The molecule has 102 valence electrons. The first-order valence-corrected chi connectivity index (χ1v) is 7.87. The van der Waals surface area contributed by atoms with E-state index in [0.29, 0.717) is 11.4 Å². The van der Waals surface area contributed by atoms with Crippen LogP contribution in [-0.2, 0) is 5.33 Å². The molecule has 3 heteroatoms. The fourth-order valence-electron chi connectivity index (χ4n) is 2.08. The van der Waals surface area contributed by atoms with Gasteiger partial charge >= 0.3 is 0 Å². The van der Waals surface area contributed by atoms with Crippen molar-refractivity contribution in [3.05, 3.63) is 29.6 Å². The maximum absolute atomic E-state index is 13.8. The smallest absolute Gasteiger partial charge is 0.129 e. The van der Waals surface area contributed by atoms with Crippen molar-refractivity contribution in [1.29, 1.82) is 0 Å². The van der Waals surface area contributed by atoms with E-state index < -0.39 is 0 Å². The number of halogens is 2. The summed E-state index contributed by atoms with van der Waals surface area (Å²) in [6.07, 6.45) is 3.37. The van der Waals surface area contributed by atoms with Crippen LogP contribution in [0.15, 0.2) is 18.2 Å². The van der Waals surface area contributed by atoms with E-state index in [-0.39, 0.29) is 5.82 Å². The number of hydrogen-bond donors (Lipinski definition) is 0. The highest BCUT2D eigenvalue weighted by Gasteiger charge is 2.17. The zero-order valence-corrected chi connectivity index (χ0v) is 13.1. The molecule has 1 atom stereocenters. The molecule has 1 nitrogen and oxygen atoms in total. The number of anilines is 1. The van der Waals surface area contributed by atoms with Crippen molar-refractivity contribution in [2.75, 3.05) is 11.4 Å². The third-order valence-electron chi connectivity index (χ3n) is 3.41. The molecule has 0 aromatic heterocycles. The van der Waals surface area contributed by atoms with Crippen LogP contribution in [0.2, 0.25) is 0 Å². The lowest BCUT2D eigenvalue weighted by molar-refractivity contribution is 0.583. The standard InChI is InChI=1S/C15H23BrFN/c1-4-6-10-18(12(3)5-2)15-9-7-8-14(17)13(15)11-16/h7-9,12H,4-6,10-11H2,1-3H3. The van der Waals surface area contributed by atoms with Crippen molar-refractivity contribution in [3.8, 4) is 0 Å². The summed E-state index contributed by atoms with van der Waals surface area (Å²) < 4.78 is 13.8. The Bertz CT molecular complexity index is 368. The van der Waals surface area contributed by atoms with E-state index >= 15 is 0 Å². The van der Waals surface area contributed by atoms with Gasteiger partial charge in [-0.1, -0.05) is 42.3 Å². The van der Waals surface area contributed by atoms with Crippen molar-refractivity contribution in [2.45, 2.75) is 51.4 Å². The number of alkyl halides is 1. The molecule has 0 spiro atoms. The van der Waals surface area contributed by atoms with Crippen LogP contribution >= 0.6 is 15.9 Å². The van der Waals surface area contributed by atoms with Crippen molar-refractivity contribution in [1.82, 2.24) is 0 Å². The Balaban J connectivity index is 3.07. The average molecular weight is 316 g/mol. The average Bonchev–Trinajstić information content (AvgIpc) is 2.39. The third-order valence-corrected chi connectivity index (χ3v) is 3.97. The highest BCUT2D eigenvalue weighted by Crippen LogP contribution is 2.28. The van der Waals surface area contributed by atoms with E-state index in [1.165, 1.54) is 6.07 Å². The van der Waals surface area contributed by atoms with E-state index in [4.69, 9.17) is 0 Å². The van der Waals surface area contributed by atoms with E-state index in [1.54, 1.807) is 6.07 Å². The van der Waals surface area contributed by atoms with Crippen LogP contribution in [0.25, 0.3) is 0 Å². The van der Waals surface area contributed by atoms with Gasteiger partial charge in [0.25, 0.3) is 0 Å². The maximum atomic E-state index is 13.8. The van der Waals surface area contributed by atoms with Crippen molar-refractivity contribution >= 4 is 21.6 Å². The Morgan fingerprint density at radius 2 is 2.06 bits per heavy atom. The highest BCUT2D eigenvalue weighted by molar-refractivity contribution is 9.08. The summed E-state index contributed by atoms with van der Waals surface area (Å²) in [5, 5.41) is 0.564. The first-order valence-electron chi connectivity index (χ1n) is 6.75. The van der Waals surface area contributed by atoms with Gasteiger partial charge in [0.15, 0.2) is 0 Å². The van der Waals surface area contributed by atoms with Gasteiger partial charge in [-0.25, -0.2) is 4.39 Å². The predicted octanol–water partition coefficient (Wildman–Crippen LogP) is 5.13. The molecule has 0 radical (unpaired) electrons. The van der Waals surface area contributed by atoms with Gasteiger partial charge in [-0.3, -0.25) is 0 Å². The monoisotopic (exact) mass is 315 g/mol. The first kappa shape index (κ1) is 15.5. The van der Waals surface area contributed by atoms with Gasteiger partial charge in [0, 0.05) is 29.2 Å². The molecule has 1 rings (SSSR count). The lowest BCUT2D eigenvalue weighted by Crippen LogP contribution is -2.34. The van der Waals surface area contributed by atoms with Crippen molar-refractivity contribution < 1.29 is 4.39 Å². The molecule has 1 aromatic carbocycles. The summed E-state index contributed by atoms with van der Waals surface area (Å²) >= 11 is 3.40. The Kier molecular flexibility index (Phi) is 6.69. The van der Waals surface area contributed by atoms with Crippen molar-refractivity contribution in [2.24, 2.45) is 0 Å². The van der Waals surface area contributed by atoms with E-state index in [2.05, 4.69) is 41.6 Å². The summed E-state index contributed by atoms with van der Waals surface area (Å²) in [5.41, 5.74) is 1.81. The van der Waals surface area contributed by atoms with Crippen LogP contribution in [-0.4, -0.2) is 12.6 Å². The Hall–Kier alpha value is -0.570. The van der Waals surface area contributed by atoms with Gasteiger partial charge < -0.3 is 4.90 Å². The summed E-state index contributed by atoms with van der Waals surface area (Å²) in [5.74, 6) is -0.117. The number of nitrogens with zero attached hydrogens (tertiary/aromatic N) is 1. The summed E-state index contributed by atoms with van der Waals surface area (Å²) in [6, 6.07) is 5.81. The lowest BCUT2D eigenvalue weighted by Gasteiger charge is -2.32. The zero-order valence-electron chi connectivity index (χ0n) is 11.5. The molecule has 0 heterocycles. The molecule has 1 unspecified atom stereocenters. The molecule has 0 aliphatic carbocycles. The third kappa shape index (κ3) is 3.71. The minimum Gasteiger partial charge on any atom is -0.369 e. The second-order valence-electron chi connectivity index (χ2n) is 4.68. The number of rotatable bonds is 7. The number of hydrogen-bond acceptors (Lipinski definition) is 1. The molecule has 0 saturated carbocycles. The van der Waals surface area contributed by atoms with Gasteiger partial charge in [0.1, 0.15) is 5.82 Å². The SMILES string of the molecule is CCCCN(c1cccc(F)c1CBr)C(C)CC. The summed E-state index contributed by atoms with van der Waals surface area (Å²) in [6.45, 7) is 7.57. The minimum absolute atomic E-state index is 0.117. The number of unbranched alkanes of at least 4 members (excludes halogenated alkanes) is 1. The molecule has 0 fully saturated rings. The molecular formula is C15H23BrFN. The molecule has 0 aliphatic heterocycles. The second kappa shape index (κ2) is 7.78. The molecule has 0 aliphatic rings. The molecule has 1 aromatic rings. The first-order chi connectivity index (χ1) is 8.65. The maximum Gasteiger partial charge on any atom is 0.129 e. The quantitative estimate of drug-likeness (QED) is 0.631. The Morgan fingerprint density at radius 1 is 1.33 bits per heavy atom. The van der Waals surface area contributed by atoms with Crippen LogP contribution in [0.1, 0.15) is 45.6 Å². The summed E-state index contributed by atoms with van der Waals surface area (Å²) in [7, 11) is 0. The van der Waals surface area contributed by atoms with Gasteiger partial charge in [-0.05, 0) is 31.9 Å². The van der Waals surface area contributed by atoms with E-state index in [0.717, 1.165) is 37.1 Å². The molecule has 0 saturated heterocycles. The molecular weight excluding hydrogens is 293 g/mol. The van der Waals surface area contributed by atoms with Gasteiger partial charge in [-0.2, -0.15) is 0 Å². The minimum atomic E-state index is -0.117. The summed E-state index contributed by atoms with van der Waals surface area (Å²) in [4.78, 5) is 2.34. The van der Waals surface area contributed by atoms with E-state index in [9.17, 15) is 4.39 Å². The fourth-order valence-corrected chi connectivity index (χ4v) is 2.63. The molecule has 0 N–H and O–H groups in total. The van der Waals surface area contributed by atoms with Crippen LogP contribution in [0, 0.1) is 5.82 Å². The van der Waals surface area contributed by atoms with Crippen LogP contribution < -0.4 is 4.90 Å². The van der Waals surface area contributed by atoms with Gasteiger partial charge in [0.05, 0.1) is 0 Å². The van der Waals surface area contributed by atoms with E-state index in [1.807, 2.05) is 6.07 Å². The number of benzene rings is 1. The predicted molar refractivity (Wildman–Crippen MR) is 81.0 cm³/mol. The molecule has 18 heavy (non-hydrogen) atoms. The fraction of sp³-hybridized carbons (Fsp3) is 0.600. The molecule has 0 amide bonds. The second-order valence-corrected chi connectivity index (χ2v) is 5.24. The Labute approximate surface area is 119 Å². The van der Waals surface area contributed by atoms with Crippen molar-refractivity contribution in [3.63, 3.8) is 0 Å². The largest absolute Gasteiger partial charge is 0.369 e. The zero-order chi connectivity index (χ0) is 13.5. The normalized spacial score (nSPS) is 12.5. The van der Waals surface area contributed by atoms with Crippen LogP contribution in [0.5, 0.6) is 0 Å². The highest BCUT2D eigenvalue weighted by atomic mass is 79.9. The lowest BCUT2D eigenvalue weighted by atomic mass is 10.1. The van der Waals surface area contributed by atoms with Gasteiger partial charge in [0.2, 0.25) is 0 Å². The van der Waals surface area contributed by atoms with Crippen LogP contribution in [0.3, 0.4) is 0 Å². The van der Waals surface area contributed by atoms with Crippen LogP contribution in [0.4, 0.5) is 10.1 Å². The van der Waals surface area contributed by atoms with Gasteiger partial charge in [-0.15, -0.1) is 0 Å².